The predicted molar refractivity (Wildman–Crippen MR) is 112 cm³/mol. The number of nitriles is 1. The fraction of sp³-hybridized carbons (Fsp3) is 0.227. The average Bonchev–Trinajstić information content (AvgIpc) is 3.04. The molecule has 0 atom stereocenters. The van der Waals surface area contributed by atoms with E-state index in [-0.39, 0.29) is 6.04 Å². The van der Waals surface area contributed by atoms with Crippen LogP contribution in [0.15, 0.2) is 64.0 Å². The molecule has 5 heteroatoms. The van der Waals surface area contributed by atoms with E-state index in [1.165, 1.54) is 5.56 Å². The van der Waals surface area contributed by atoms with Gasteiger partial charge in [-0.1, -0.05) is 42.0 Å². The molecule has 3 rings (SSSR count). The lowest BCUT2D eigenvalue weighted by Crippen LogP contribution is -2.16. The number of rotatable bonds is 4. The Hall–Kier alpha value is -2.97. The lowest BCUT2D eigenvalue weighted by atomic mass is 10.1. The monoisotopic (exact) mass is 374 g/mol. The van der Waals surface area contributed by atoms with Gasteiger partial charge >= 0.3 is 0 Å². The molecule has 0 aliphatic rings. The molecule has 0 fully saturated rings. The summed E-state index contributed by atoms with van der Waals surface area (Å²) in [6, 6.07) is 18.2. The van der Waals surface area contributed by atoms with Gasteiger partial charge in [-0.05, 0) is 45.4 Å². The number of thiazole rings is 1. The Kier molecular flexibility index (Phi) is 5.68. The van der Waals surface area contributed by atoms with Crippen LogP contribution in [0.1, 0.15) is 37.5 Å². The number of aromatic nitrogens is 1. The minimum Gasteiger partial charge on any atom is -0.255 e. The maximum absolute atomic E-state index is 8.98. The molecule has 1 heterocycles. The molecule has 1 aromatic heterocycles. The molecule has 0 saturated carbocycles. The van der Waals surface area contributed by atoms with Gasteiger partial charge in [0, 0.05) is 17.0 Å². The standard InChI is InChI=1S/C22H22N4S/c1-15(2)24-22-26(21(14-27-22)20-9-5-16(3)6-10-20)25-17(4)19-11-7-18(13-23)8-12-19/h5-12,14-15H,1-4H3. The van der Waals surface area contributed by atoms with Gasteiger partial charge in [0.25, 0.3) is 0 Å². The van der Waals surface area contributed by atoms with Gasteiger partial charge in [0.2, 0.25) is 4.80 Å². The van der Waals surface area contributed by atoms with E-state index in [1.807, 2.05) is 35.9 Å². The van der Waals surface area contributed by atoms with E-state index in [0.717, 1.165) is 27.3 Å². The highest BCUT2D eigenvalue weighted by Crippen LogP contribution is 2.21. The third kappa shape index (κ3) is 4.42. The van der Waals surface area contributed by atoms with Crippen LogP contribution in [0.2, 0.25) is 0 Å². The molecule has 27 heavy (non-hydrogen) atoms. The van der Waals surface area contributed by atoms with Crippen LogP contribution in [-0.4, -0.2) is 16.4 Å². The molecule has 0 amide bonds. The third-order valence-electron chi connectivity index (χ3n) is 4.08. The fourth-order valence-electron chi connectivity index (χ4n) is 2.62. The van der Waals surface area contributed by atoms with Crippen molar-refractivity contribution in [3.63, 3.8) is 0 Å². The Morgan fingerprint density at radius 3 is 2.33 bits per heavy atom. The lowest BCUT2D eigenvalue weighted by Gasteiger charge is -2.07. The van der Waals surface area contributed by atoms with Crippen molar-refractivity contribution in [3.05, 3.63) is 75.4 Å². The molecule has 2 aromatic carbocycles. The smallest absolute Gasteiger partial charge is 0.206 e. The Labute approximate surface area is 163 Å². The molecule has 4 nitrogen and oxygen atoms in total. The average molecular weight is 375 g/mol. The maximum atomic E-state index is 8.98. The summed E-state index contributed by atoms with van der Waals surface area (Å²) in [6.07, 6.45) is 0. The van der Waals surface area contributed by atoms with E-state index >= 15 is 0 Å². The maximum Gasteiger partial charge on any atom is 0.206 e. The Morgan fingerprint density at radius 1 is 1.07 bits per heavy atom. The zero-order chi connectivity index (χ0) is 19.4. The van der Waals surface area contributed by atoms with Gasteiger partial charge in [-0.25, -0.2) is 4.68 Å². The minimum absolute atomic E-state index is 0.186. The molecule has 0 unspecified atom stereocenters. The van der Waals surface area contributed by atoms with Gasteiger partial charge in [-0.3, -0.25) is 4.99 Å². The van der Waals surface area contributed by atoms with Gasteiger partial charge in [-0.2, -0.15) is 10.4 Å². The largest absolute Gasteiger partial charge is 0.255 e. The molecule has 0 N–H and O–H groups in total. The van der Waals surface area contributed by atoms with Crippen molar-refractivity contribution in [2.75, 3.05) is 0 Å². The van der Waals surface area contributed by atoms with Crippen LogP contribution < -0.4 is 4.80 Å². The fourth-order valence-corrected chi connectivity index (χ4v) is 3.59. The summed E-state index contributed by atoms with van der Waals surface area (Å²) in [4.78, 5) is 5.60. The molecule has 0 aliphatic carbocycles. The van der Waals surface area contributed by atoms with Crippen molar-refractivity contribution in [2.45, 2.75) is 33.7 Å². The number of aryl methyl sites for hydroxylation is 1. The van der Waals surface area contributed by atoms with Gasteiger partial charge in [0.15, 0.2) is 0 Å². The molecule has 0 aliphatic heterocycles. The van der Waals surface area contributed by atoms with Crippen molar-refractivity contribution in [3.8, 4) is 17.3 Å². The van der Waals surface area contributed by atoms with E-state index in [4.69, 9.17) is 15.4 Å². The molecule has 0 spiro atoms. The van der Waals surface area contributed by atoms with Gasteiger partial charge < -0.3 is 0 Å². The van der Waals surface area contributed by atoms with Crippen molar-refractivity contribution >= 4 is 17.0 Å². The quantitative estimate of drug-likeness (QED) is 0.594. The molecule has 136 valence electrons. The summed E-state index contributed by atoms with van der Waals surface area (Å²) in [7, 11) is 0. The highest BCUT2D eigenvalue weighted by molar-refractivity contribution is 7.07. The minimum atomic E-state index is 0.186. The van der Waals surface area contributed by atoms with Crippen LogP contribution in [0.5, 0.6) is 0 Å². The Bertz CT molecular complexity index is 1060. The summed E-state index contributed by atoms with van der Waals surface area (Å²) in [6.45, 7) is 8.18. The zero-order valence-electron chi connectivity index (χ0n) is 16.0. The second-order valence-corrected chi connectivity index (χ2v) is 7.52. The van der Waals surface area contributed by atoms with Gasteiger partial charge in [0.1, 0.15) is 0 Å². The lowest BCUT2D eigenvalue weighted by molar-refractivity contribution is 0.753. The first-order chi connectivity index (χ1) is 13.0. The SMILES string of the molecule is CC(=Nn1c(-c2ccc(C)cc2)csc1=NC(C)C)c1ccc(C#N)cc1. The number of benzene rings is 2. The number of hydrogen-bond acceptors (Lipinski definition) is 4. The van der Waals surface area contributed by atoms with Crippen LogP contribution in [-0.2, 0) is 0 Å². The van der Waals surface area contributed by atoms with Crippen LogP contribution in [0.3, 0.4) is 0 Å². The van der Waals surface area contributed by atoms with Crippen LogP contribution >= 0.6 is 11.3 Å². The van der Waals surface area contributed by atoms with Crippen molar-refractivity contribution in [1.29, 1.82) is 5.26 Å². The zero-order valence-corrected chi connectivity index (χ0v) is 16.8. The normalized spacial score (nSPS) is 12.4. The summed E-state index contributed by atoms with van der Waals surface area (Å²) < 4.78 is 1.92. The van der Waals surface area contributed by atoms with Crippen LogP contribution in [0, 0.1) is 18.3 Å². The summed E-state index contributed by atoms with van der Waals surface area (Å²) in [5, 5.41) is 15.9. The van der Waals surface area contributed by atoms with Gasteiger partial charge in [0.05, 0.1) is 23.0 Å². The number of hydrogen-bond donors (Lipinski definition) is 0. The van der Waals surface area contributed by atoms with Crippen LogP contribution in [0.4, 0.5) is 0 Å². The van der Waals surface area contributed by atoms with E-state index < -0.39 is 0 Å². The second kappa shape index (κ2) is 8.15. The van der Waals surface area contributed by atoms with Gasteiger partial charge in [-0.15, -0.1) is 11.3 Å². The highest BCUT2D eigenvalue weighted by atomic mass is 32.1. The second-order valence-electron chi connectivity index (χ2n) is 6.68. The highest BCUT2D eigenvalue weighted by Gasteiger charge is 2.09. The molecule has 3 aromatic rings. The van der Waals surface area contributed by atoms with E-state index in [9.17, 15) is 0 Å². The molecular formula is C22H22N4S. The first-order valence-corrected chi connectivity index (χ1v) is 9.73. The van der Waals surface area contributed by atoms with E-state index in [1.54, 1.807) is 11.3 Å². The molecular weight excluding hydrogens is 352 g/mol. The molecule has 0 saturated heterocycles. The Morgan fingerprint density at radius 2 is 1.74 bits per heavy atom. The van der Waals surface area contributed by atoms with E-state index in [2.05, 4.69) is 56.5 Å². The first kappa shape index (κ1) is 18.8. The van der Waals surface area contributed by atoms with Crippen molar-refractivity contribution in [1.82, 2.24) is 4.68 Å². The summed E-state index contributed by atoms with van der Waals surface area (Å²) in [5.41, 5.74) is 5.86. The third-order valence-corrected chi connectivity index (χ3v) is 4.91. The van der Waals surface area contributed by atoms with Crippen molar-refractivity contribution in [2.24, 2.45) is 10.1 Å². The Balaban J connectivity index is 2.12. The molecule has 0 radical (unpaired) electrons. The van der Waals surface area contributed by atoms with Crippen LogP contribution in [0.25, 0.3) is 11.3 Å². The predicted octanol–water partition coefficient (Wildman–Crippen LogP) is 4.98. The topological polar surface area (TPSA) is 53.4 Å². The van der Waals surface area contributed by atoms with Crippen molar-refractivity contribution < 1.29 is 0 Å². The first-order valence-electron chi connectivity index (χ1n) is 8.85. The summed E-state index contributed by atoms with van der Waals surface area (Å²) in [5.74, 6) is 0. The molecule has 0 bridgehead atoms. The summed E-state index contributed by atoms with van der Waals surface area (Å²) >= 11 is 1.59. The number of nitrogens with zero attached hydrogens (tertiary/aromatic N) is 4. The van der Waals surface area contributed by atoms with E-state index in [0.29, 0.717) is 5.56 Å².